The van der Waals surface area contributed by atoms with Crippen LogP contribution in [0, 0.1) is 11.6 Å². The molecule has 0 unspecified atom stereocenters. The minimum absolute atomic E-state index is 0.401. The normalized spacial score (nSPS) is 14.8. The maximum absolute atomic E-state index is 13.9. The Bertz CT molecular complexity index is 980. The predicted octanol–water partition coefficient (Wildman–Crippen LogP) is 4.26. The van der Waals surface area contributed by atoms with Crippen LogP contribution < -0.4 is 4.90 Å². The van der Waals surface area contributed by atoms with Crippen molar-refractivity contribution in [1.29, 1.82) is 0 Å². The fourth-order valence-electron chi connectivity index (χ4n) is 3.17. The number of halogens is 2. The van der Waals surface area contributed by atoms with Crippen molar-refractivity contribution in [2.75, 3.05) is 37.3 Å². The average molecular weight is 405 g/mol. The molecule has 8 heteroatoms. The van der Waals surface area contributed by atoms with Crippen LogP contribution in [0.25, 0.3) is 10.2 Å². The molecule has 1 aliphatic heterocycles. The molecule has 2 heterocycles. The van der Waals surface area contributed by atoms with Gasteiger partial charge in [0.05, 0.1) is 10.2 Å². The van der Waals surface area contributed by atoms with E-state index in [1.165, 1.54) is 11.0 Å². The molecule has 0 radical (unpaired) electrons. The number of carbonyl (C=O) groups is 1. The highest BCUT2D eigenvalue weighted by molar-refractivity contribution is 7.98. The third-order valence-electron chi connectivity index (χ3n) is 4.60. The van der Waals surface area contributed by atoms with Crippen LogP contribution in [0.1, 0.15) is 10.4 Å². The number of rotatable bonds is 3. The summed E-state index contributed by atoms with van der Waals surface area (Å²) >= 11 is 3.29. The van der Waals surface area contributed by atoms with Gasteiger partial charge in [0.15, 0.2) is 5.13 Å². The molecule has 1 aromatic heterocycles. The van der Waals surface area contributed by atoms with Crippen molar-refractivity contribution in [2.24, 2.45) is 0 Å². The molecule has 140 valence electrons. The Morgan fingerprint density at radius 1 is 1.07 bits per heavy atom. The van der Waals surface area contributed by atoms with E-state index < -0.39 is 23.1 Å². The predicted molar refractivity (Wildman–Crippen MR) is 106 cm³/mol. The molecule has 4 rings (SSSR count). The van der Waals surface area contributed by atoms with Gasteiger partial charge in [-0.1, -0.05) is 23.5 Å². The quantitative estimate of drug-likeness (QED) is 0.610. The lowest BCUT2D eigenvalue weighted by molar-refractivity contribution is 0.0737. The number of amides is 1. The second-order valence-corrected chi connectivity index (χ2v) is 8.04. The van der Waals surface area contributed by atoms with Gasteiger partial charge in [0.25, 0.3) is 5.91 Å². The number of thiazole rings is 1. The fourth-order valence-corrected chi connectivity index (χ4v) is 4.85. The van der Waals surface area contributed by atoms with E-state index in [1.807, 2.05) is 12.3 Å². The third-order valence-corrected chi connectivity index (χ3v) is 6.46. The number of carbonyl (C=O) groups excluding carboxylic acids is 1. The zero-order chi connectivity index (χ0) is 19.0. The van der Waals surface area contributed by atoms with Gasteiger partial charge in [0.2, 0.25) is 0 Å². The summed E-state index contributed by atoms with van der Waals surface area (Å²) in [7, 11) is 0. The first-order valence-corrected chi connectivity index (χ1v) is 10.5. The van der Waals surface area contributed by atoms with Gasteiger partial charge in [-0.3, -0.25) is 4.79 Å². The molecule has 3 aromatic rings. The number of anilines is 1. The standard InChI is InChI=1S/C19H17F2N3OS2/c1-26-14-6-3-7-15-17(14)22-19(27-15)24-10-8-23(9-11-24)18(25)16-12(20)4-2-5-13(16)21/h2-7H,8-11H2,1H3. The molecule has 2 aromatic carbocycles. The number of para-hydroxylation sites is 1. The SMILES string of the molecule is CSc1cccc2sc(N3CCN(C(=O)c4c(F)cccc4F)CC3)nc12. The van der Waals surface area contributed by atoms with Crippen LogP contribution in [0.5, 0.6) is 0 Å². The van der Waals surface area contributed by atoms with Crippen molar-refractivity contribution in [2.45, 2.75) is 4.90 Å². The minimum Gasteiger partial charge on any atom is -0.345 e. The van der Waals surface area contributed by atoms with Crippen molar-refractivity contribution in [1.82, 2.24) is 9.88 Å². The van der Waals surface area contributed by atoms with Gasteiger partial charge in [-0.15, -0.1) is 11.8 Å². The Labute approximate surface area is 163 Å². The van der Waals surface area contributed by atoms with E-state index in [4.69, 9.17) is 4.98 Å². The highest BCUT2D eigenvalue weighted by Gasteiger charge is 2.27. The van der Waals surface area contributed by atoms with Crippen molar-refractivity contribution >= 4 is 44.4 Å². The number of thioether (sulfide) groups is 1. The first-order chi connectivity index (χ1) is 13.1. The molecule has 0 spiro atoms. The van der Waals surface area contributed by atoms with E-state index in [9.17, 15) is 13.6 Å². The average Bonchev–Trinajstić information content (AvgIpc) is 3.12. The fraction of sp³-hybridized carbons (Fsp3) is 0.263. The minimum atomic E-state index is -0.821. The largest absolute Gasteiger partial charge is 0.345 e. The first kappa shape index (κ1) is 18.2. The second kappa shape index (κ2) is 7.44. The molecule has 0 N–H and O–H groups in total. The number of nitrogens with zero attached hydrogens (tertiary/aromatic N) is 3. The lowest BCUT2D eigenvalue weighted by atomic mass is 10.1. The molecular formula is C19H17F2N3OS2. The number of hydrogen-bond donors (Lipinski definition) is 0. The topological polar surface area (TPSA) is 36.4 Å². The van der Waals surface area contributed by atoms with Crippen molar-refractivity contribution in [3.05, 3.63) is 53.6 Å². The van der Waals surface area contributed by atoms with Crippen LogP contribution in [0.3, 0.4) is 0 Å². The van der Waals surface area contributed by atoms with E-state index >= 15 is 0 Å². The van der Waals surface area contributed by atoms with Gasteiger partial charge in [0.1, 0.15) is 17.2 Å². The van der Waals surface area contributed by atoms with Crippen LogP contribution in [0.2, 0.25) is 0 Å². The summed E-state index contributed by atoms with van der Waals surface area (Å²) in [6.45, 7) is 1.96. The summed E-state index contributed by atoms with van der Waals surface area (Å²) < 4.78 is 28.9. The zero-order valence-corrected chi connectivity index (χ0v) is 16.2. The summed E-state index contributed by atoms with van der Waals surface area (Å²) in [6.07, 6.45) is 2.03. The maximum atomic E-state index is 13.9. The Balaban J connectivity index is 1.50. The van der Waals surface area contributed by atoms with Crippen LogP contribution in [0.4, 0.5) is 13.9 Å². The van der Waals surface area contributed by atoms with Crippen LogP contribution >= 0.6 is 23.1 Å². The maximum Gasteiger partial charge on any atom is 0.259 e. The van der Waals surface area contributed by atoms with Gasteiger partial charge in [-0.05, 0) is 30.5 Å². The molecule has 0 bridgehead atoms. The molecule has 0 aliphatic carbocycles. The van der Waals surface area contributed by atoms with Crippen LogP contribution in [0.15, 0.2) is 41.3 Å². The smallest absolute Gasteiger partial charge is 0.259 e. The lowest BCUT2D eigenvalue weighted by Crippen LogP contribution is -2.49. The molecule has 1 aliphatic rings. The summed E-state index contributed by atoms with van der Waals surface area (Å²) in [4.78, 5) is 22.0. The van der Waals surface area contributed by atoms with Crippen LogP contribution in [-0.2, 0) is 0 Å². The highest BCUT2D eigenvalue weighted by atomic mass is 32.2. The Hall–Kier alpha value is -2.19. The summed E-state index contributed by atoms with van der Waals surface area (Å²) in [6, 6.07) is 9.60. The van der Waals surface area contributed by atoms with Gasteiger partial charge >= 0.3 is 0 Å². The highest BCUT2D eigenvalue weighted by Crippen LogP contribution is 2.34. The van der Waals surface area contributed by atoms with E-state index in [2.05, 4.69) is 17.0 Å². The molecule has 1 fully saturated rings. The van der Waals surface area contributed by atoms with Crippen molar-refractivity contribution in [3.63, 3.8) is 0 Å². The van der Waals surface area contributed by atoms with E-state index in [0.29, 0.717) is 26.2 Å². The Kier molecular flexibility index (Phi) is 5.01. The molecular weight excluding hydrogens is 388 g/mol. The van der Waals surface area contributed by atoms with E-state index in [-0.39, 0.29) is 0 Å². The number of piperazine rings is 1. The molecule has 27 heavy (non-hydrogen) atoms. The number of aromatic nitrogens is 1. The van der Waals surface area contributed by atoms with Crippen molar-refractivity contribution in [3.8, 4) is 0 Å². The van der Waals surface area contributed by atoms with Crippen LogP contribution in [-0.4, -0.2) is 48.2 Å². The second-order valence-electron chi connectivity index (χ2n) is 6.18. The molecule has 4 nitrogen and oxygen atoms in total. The Morgan fingerprint density at radius 2 is 1.74 bits per heavy atom. The summed E-state index contributed by atoms with van der Waals surface area (Å²) in [5.41, 5.74) is 0.521. The molecule has 1 saturated heterocycles. The summed E-state index contributed by atoms with van der Waals surface area (Å²) in [5.74, 6) is -2.24. The molecule has 1 amide bonds. The van der Waals surface area contributed by atoms with Gasteiger partial charge in [0, 0.05) is 31.1 Å². The van der Waals surface area contributed by atoms with Crippen molar-refractivity contribution < 1.29 is 13.6 Å². The summed E-state index contributed by atoms with van der Waals surface area (Å²) in [5, 5.41) is 0.913. The monoisotopic (exact) mass is 405 g/mol. The first-order valence-electron chi connectivity index (χ1n) is 8.50. The number of benzene rings is 2. The number of hydrogen-bond acceptors (Lipinski definition) is 5. The van der Waals surface area contributed by atoms with Gasteiger partial charge in [-0.2, -0.15) is 0 Å². The zero-order valence-electron chi connectivity index (χ0n) is 14.6. The van der Waals surface area contributed by atoms with E-state index in [1.54, 1.807) is 23.1 Å². The van der Waals surface area contributed by atoms with E-state index in [0.717, 1.165) is 32.4 Å². The lowest BCUT2D eigenvalue weighted by Gasteiger charge is -2.34. The number of fused-ring (bicyclic) bond motifs is 1. The third kappa shape index (κ3) is 3.39. The van der Waals surface area contributed by atoms with Gasteiger partial charge in [-0.25, -0.2) is 13.8 Å². The molecule has 0 atom stereocenters. The van der Waals surface area contributed by atoms with Gasteiger partial charge < -0.3 is 9.80 Å². The Morgan fingerprint density at radius 3 is 2.41 bits per heavy atom. The molecule has 0 saturated carbocycles.